The molecule has 1 unspecified atom stereocenters. The van der Waals surface area contributed by atoms with Crippen LogP contribution in [-0.2, 0) is 26.8 Å². The van der Waals surface area contributed by atoms with Crippen molar-refractivity contribution in [3.05, 3.63) is 76.3 Å². The number of nitrogens with one attached hydrogen (secondary N) is 2. The number of hydrogen-bond acceptors (Lipinski definition) is 12. The summed E-state index contributed by atoms with van der Waals surface area (Å²) in [6.07, 6.45) is 5.99. The Labute approximate surface area is 372 Å². The highest BCUT2D eigenvalue weighted by Gasteiger charge is 2.55. The van der Waals surface area contributed by atoms with Gasteiger partial charge in [-0.05, 0) is 74.6 Å². The number of carbonyl (C=O) groups excluding carboxylic acids is 2. The van der Waals surface area contributed by atoms with Crippen LogP contribution in [0.2, 0.25) is 0 Å². The van der Waals surface area contributed by atoms with E-state index in [0.717, 1.165) is 68.3 Å². The van der Waals surface area contributed by atoms with E-state index >= 15 is 8.78 Å². The highest BCUT2D eigenvalue weighted by atomic mass is 32.2. The summed E-state index contributed by atoms with van der Waals surface area (Å²) in [7, 11) is -0.900. The van der Waals surface area contributed by atoms with Crippen LogP contribution in [-0.4, -0.2) is 113 Å². The number of likely N-dealkylation sites (tertiary alicyclic amines) is 1. The van der Waals surface area contributed by atoms with Crippen LogP contribution < -0.4 is 30.1 Å². The molecular formula is C44H47F2N11O7S. The predicted molar refractivity (Wildman–Crippen MR) is 235 cm³/mol. The molecule has 340 valence electrons. The van der Waals surface area contributed by atoms with Crippen molar-refractivity contribution in [1.29, 1.82) is 5.26 Å². The van der Waals surface area contributed by atoms with Gasteiger partial charge >= 0.3 is 16.2 Å². The third-order valence-corrected chi connectivity index (χ3v) is 15.6. The minimum Gasteiger partial charge on any atom is -0.453 e. The minimum atomic E-state index is -4.02. The van der Waals surface area contributed by atoms with Crippen LogP contribution in [0.25, 0.3) is 21.8 Å². The molecule has 18 nitrogen and oxygen atoms in total. The van der Waals surface area contributed by atoms with Crippen molar-refractivity contribution >= 4 is 61.1 Å². The molecule has 2 aromatic heterocycles. The van der Waals surface area contributed by atoms with E-state index in [1.165, 1.54) is 36.5 Å². The van der Waals surface area contributed by atoms with Crippen LogP contribution in [0, 0.1) is 28.4 Å². The van der Waals surface area contributed by atoms with E-state index in [4.69, 9.17) is 9.47 Å². The van der Waals surface area contributed by atoms with Gasteiger partial charge in [-0.2, -0.15) is 23.1 Å². The number of aromatic nitrogens is 4. The number of halogens is 2. The fourth-order valence-electron chi connectivity index (χ4n) is 10.3. The minimum absolute atomic E-state index is 0.0631. The van der Waals surface area contributed by atoms with Gasteiger partial charge in [-0.3, -0.25) is 33.8 Å². The molecule has 5 fully saturated rings. The summed E-state index contributed by atoms with van der Waals surface area (Å²) in [6, 6.07) is 11.3. The number of aryl methyl sites for hydroxylation is 1. The summed E-state index contributed by atoms with van der Waals surface area (Å²) < 4.78 is 75.1. The quantitative estimate of drug-likeness (QED) is 0.195. The van der Waals surface area contributed by atoms with Crippen molar-refractivity contribution in [2.75, 3.05) is 67.4 Å². The molecule has 6 heterocycles. The Balaban J connectivity index is 0.759. The van der Waals surface area contributed by atoms with Crippen molar-refractivity contribution in [1.82, 2.24) is 33.9 Å². The molecule has 0 bridgehead atoms. The van der Waals surface area contributed by atoms with E-state index in [-0.39, 0.29) is 76.2 Å². The Morgan fingerprint density at radius 1 is 1.02 bits per heavy atom. The molecule has 2 spiro atoms. The zero-order chi connectivity index (χ0) is 45.6. The normalized spacial score (nSPS) is 21.0. The maximum Gasteiger partial charge on any atom is 0.329 e. The Morgan fingerprint density at radius 3 is 2.51 bits per heavy atom. The van der Waals surface area contributed by atoms with Crippen LogP contribution in [0.3, 0.4) is 0 Å². The first-order valence-corrected chi connectivity index (χ1v) is 23.1. The van der Waals surface area contributed by atoms with E-state index in [9.17, 15) is 28.1 Å². The average molecular weight is 912 g/mol. The number of urea groups is 1. The fraction of sp³-hybridized carbons (Fsp3) is 0.455. The Kier molecular flexibility index (Phi) is 10.4. The third kappa shape index (κ3) is 7.41. The van der Waals surface area contributed by atoms with Gasteiger partial charge in [0.05, 0.1) is 52.4 Å². The molecule has 4 saturated heterocycles. The predicted octanol–water partition coefficient (Wildman–Crippen LogP) is 4.75. The molecule has 1 aliphatic carbocycles. The summed E-state index contributed by atoms with van der Waals surface area (Å²) >= 11 is 0. The van der Waals surface area contributed by atoms with Crippen LogP contribution >= 0.6 is 0 Å². The molecule has 3 aromatic carbocycles. The van der Waals surface area contributed by atoms with Gasteiger partial charge < -0.3 is 19.3 Å². The Hall–Kier alpha value is -6.21. The number of carbonyl (C=O) groups is 2. The summed E-state index contributed by atoms with van der Waals surface area (Å²) in [6.45, 7) is 5.56. The van der Waals surface area contributed by atoms with Crippen LogP contribution in [0.1, 0.15) is 57.1 Å². The number of anilines is 3. The molecule has 2 N–H and O–H groups in total. The number of nitriles is 1. The summed E-state index contributed by atoms with van der Waals surface area (Å²) in [4.78, 5) is 48.7. The van der Waals surface area contributed by atoms with E-state index in [1.807, 2.05) is 6.07 Å². The average Bonchev–Trinajstić information content (AvgIpc) is 3.80. The first-order chi connectivity index (χ1) is 31.1. The summed E-state index contributed by atoms with van der Waals surface area (Å²) in [5.74, 6) is -1.71. The number of hydrogen-bond donors (Lipinski definition) is 2. The van der Waals surface area contributed by atoms with Gasteiger partial charge in [-0.15, -0.1) is 0 Å². The van der Waals surface area contributed by atoms with Crippen molar-refractivity contribution in [3.8, 4) is 17.6 Å². The van der Waals surface area contributed by atoms with Gasteiger partial charge in [0, 0.05) is 76.6 Å². The summed E-state index contributed by atoms with van der Waals surface area (Å²) in [5, 5.41) is 17.5. The number of benzene rings is 3. The lowest BCUT2D eigenvalue weighted by Crippen LogP contribution is -2.67. The van der Waals surface area contributed by atoms with E-state index in [0.29, 0.717) is 47.0 Å². The topological polar surface area (TPSA) is 200 Å². The molecule has 1 saturated carbocycles. The number of piperidine rings is 1. The molecule has 65 heavy (non-hydrogen) atoms. The van der Waals surface area contributed by atoms with Gasteiger partial charge in [0.1, 0.15) is 23.2 Å². The van der Waals surface area contributed by atoms with Gasteiger partial charge in [-0.25, -0.2) is 18.6 Å². The van der Waals surface area contributed by atoms with Crippen LogP contribution in [0.5, 0.6) is 11.5 Å². The molecule has 4 aliphatic heterocycles. The second kappa shape index (κ2) is 15.7. The molecule has 0 radical (unpaired) electrons. The highest BCUT2D eigenvalue weighted by Crippen LogP contribution is 2.53. The monoisotopic (exact) mass is 911 g/mol. The Bertz CT molecular complexity index is 3000. The zero-order valence-corrected chi connectivity index (χ0v) is 36.8. The SMILES string of the molecule is CCN(C)S(=O)(=O)Nc1ccc(F)c(Oc2ccc3ncn(C4COC5(CCN(C6CC7(C6)CN(c6cc8c(cc6F)c(N6CCC(=O)NC6=O)nn8C)C7)CC5)C4)c(=O)c3c2)c1C#N. The lowest BCUT2D eigenvalue weighted by molar-refractivity contribution is -0.120. The molecule has 1 atom stereocenters. The van der Waals surface area contributed by atoms with E-state index in [1.54, 1.807) is 35.4 Å². The van der Waals surface area contributed by atoms with Gasteiger partial charge in [-0.1, -0.05) is 6.92 Å². The second-order valence-corrected chi connectivity index (χ2v) is 19.8. The van der Waals surface area contributed by atoms with Crippen molar-refractivity contribution in [3.63, 3.8) is 0 Å². The fourth-order valence-corrected chi connectivity index (χ4v) is 11.2. The molecule has 10 rings (SSSR count). The van der Waals surface area contributed by atoms with Crippen LogP contribution in [0.15, 0.2) is 53.6 Å². The van der Waals surface area contributed by atoms with Crippen LogP contribution in [0.4, 0.5) is 30.8 Å². The summed E-state index contributed by atoms with van der Waals surface area (Å²) in [5.41, 5.74) is 0.527. The smallest absolute Gasteiger partial charge is 0.329 e. The largest absolute Gasteiger partial charge is 0.453 e. The lowest BCUT2D eigenvalue weighted by atomic mass is 9.59. The van der Waals surface area contributed by atoms with E-state index < -0.39 is 27.8 Å². The van der Waals surface area contributed by atoms with Gasteiger partial charge in [0.25, 0.3) is 5.56 Å². The zero-order valence-electron chi connectivity index (χ0n) is 36.0. The maximum absolute atomic E-state index is 15.7. The van der Waals surface area contributed by atoms with E-state index in [2.05, 4.69) is 29.9 Å². The maximum atomic E-state index is 15.7. The molecule has 5 aliphatic rings. The standard InChI is InChI=1S/C44H47F2N11O7S/c1-4-52(2)65(61,62)51-35-8-6-32(45)39(31(35)21-47)64-28-5-7-34-29(15-28)41(59)57(25-48-34)27-20-44(63-22-27)10-13-54(14-11-44)26-18-43(19-26)23-55(24-43)37-17-36-30(16-33(37)46)40(50-53(36)3)56-12-9-38(58)49-42(56)60/h5-8,15-17,25-27,51H,4,9-14,18-20,22-24H2,1-3H3,(H,49,58,60). The first-order valence-electron chi connectivity index (χ1n) is 21.6. The molecule has 3 amide bonds. The molecule has 21 heteroatoms. The van der Waals surface area contributed by atoms with Gasteiger partial charge in [0.2, 0.25) is 5.91 Å². The molecular weight excluding hydrogens is 865 g/mol. The number of fused-ring (bicyclic) bond motifs is 2. The first kappa shape index (κ1) is 42.7. The lowest BCUT2D eigenvalue weighted by Gasteiger charge is -2.62. The number of imide groups is 1. The third-order valence-electron chi connectivity index (χ3n) is 14.0. The number of ether oxygens (including phenoxy) is 2. The number of amides is 3. The van der Waals surface area contributed by atoms with Gasteiger partial charge in [0.15, 0.2) is 17.4 Å². The molecule has 5 aromatic rings. The number of nitrogens with zero attached hydrogens (tertiary/aromatic N) is 9. The van der Waals surface area contributed by atoms with Crippen molar-refractivity contribution in [2.45, 2.75) is 63.1 Å². The highest BCUT2D eigenvalue weighted by molar-refractivity contribution is 7.90. The Morgan fingerprint density at radius 2 is 1.78 bits per heavy atom. The van der Waals surface area contributed by atoms with Crippen molar-refractivity contribution < 1.29 is 36.3 Å². The van der Waals surface area contributed by atoms with Crippen molar-refractivity contribution in [2.24, 2.45) is 12.5 Å². The number of rotatable bonds is 10. The second-order valence-electron chi connectivity index (χ2n) is 18.0.